The Bertz CT molecular complexity index is 549. The van der Waals surface area contributed by atoms with E-state index in [0.717, 1.165) is 31.6 Å². The van der Waals surface area contributed by atoms with Crippen LogP contribution >= 0.6 is 0 Å². The molecule has 1 aromatic heterocycles. The van der Waals surface area contributed by atoms with E-state index in [0.29, 0.717) is 11.6 Å². The third kappa shape index (κ3) is 5.14. The van der Waals surface area contributed by atoms with E-state index in [-0.39, 0.29) is 0 Å². The number of hydrogen-bond acceptors (Lipinski definition) is 3. The van der Waals surface area contributed by atoms with Crippen molar-refractivity contribution in [2.45, 2.75) is 38.5 Å². The molecule has 0 saturated carbocycles. The van der Waals surface area contributed by atoms with Crippen molar-refractivity contribution >= 4 is 13.8 Å². The number of piperidine rings is 1. The molecule has 2 rings (SSSR count). The van der Waals surface area contributed by atoms with E-state index in [9.17, 15) is 4.39 Å². The van der Waals surface area contributed by atoms with Gasteiger partial charge in [-0.3, -0.25) is 0 Å². The molecular formula is C16H24FN3Si. The number of likely N-dealkylation sites (tertiary alicyclic amines) is 1. The van der Waals surface area contributed by atoms with Crippen molar-refractivity contribution in [3.8, 4) is 11.5 Å². The molecular weight excluding hydrogens is 281 g/mol. The zero-order valence-corrected chi connectivity index (χ0v) is 14.3. The van der Waals surface area contributed by atoms with Gasteiger partial charge in [0.15, 0.2) is 0 Å². The van der Waals surface area contributed by atoms with Crippen LogP contribution in [-0.2, 0) is 0 Å². The number of rotatable bonds is 2. The number of pyridine rings is 1. The highest BCUT2D eigenvalue weighted by molar-refractivity contribution is 6.83. The van der Waals surface area contributed by atoms with E-state index < -0.39 is 14.0 Å². The SMILES string of the molecule is CN1CCC(Nc2cnc(F)c(C#C[Si](C)(C)C)c2)CC1. The van der Waals surface area contributed by atoms with Gasteiger partial charge < -0.3 is 10.2 Å². The lowest BCUT2D eigenvalue weighted by atomic mass is 10.1. The molecule has 0 radical (unpaired) electrons. The fourth-order valence-corrected chi connectivity index (χ4v) is 2.77. The van der Waals surface area contributed by atoms with E-state index in [1.54, 1.807) is 12.3 Å². The third-order valence-electron chi connectivity index (χ3n) is 3.50. The molecule has 0 spiro atoms. The third-order valence-corrected chi connectivity index (χ3v) is 4.38. The van der Waals surface area contributed by atoms with Crippen molar-refractivity contribution in [3.05, 3.63) is 23.8 Å². The van der Waals surface area contributed by atoms with Crippen molar-refractivity contribution in [2.24, 2.45) is 0 Å². The molecule has 0 aliphatic carbocycles. The Balaban J connectivity index is 2.09. The zero-order chi connectivity index (χ0) is 15.5. The van der Waals surface area contributed by atoms with Crippen molar-refractivity contribution in [2.75, 3.05) is 25.5 Å². The van der Waals surface area contributed by atoms with Gasteiger partial charge in [-0.25, -0.2) is 4.98 Å². The van der Waals surface area contributed by atoms with Gasteiger partial charge in [0.1, 0.15) is 8.07 Å². The van der Waals surface area contributed by atoms with E-state index in [4.69, 9.17) is 0 Å². The average Bonchev–Trinajstić information content (AvgIpc) is 2.41. The number of halogens is 1. The molecule has 5 heteroatoms. The number of aromatic nitrogens is 1. The summed E-state index contributed by atoms with van der Waals surface area (Å²) in [4.78, 5) is 6.16. The zero-order valence-electron chi connectivity index (χ0n) is 13.3. The summed E-state index contributed by atoms with van der Waals surface area (Å²) >= 11 is 0. The normalized spacial score (nSPS) is 17.2. The molecule has 1 saturated heterocycles. The number of hydrogen-bond donors (Lipinski definition) is 1. The summed E-state index contributed by atoms with van der Waals surface area (Å²) in [6.45, 7) is 8.62. The smallest absolute Gasteiger partial charge is 0.228 e. The van der Waals surface area contributed by atoms with Crippen molar-refractivity contribution in [1.29, 1.82) is 0 Å². The topological polar surface area (TPSA) is 28.2 Å². The number of nitrogens with zero attached hydrogens (tertiary/aromatic N) is 2. The minimum absolute atomic E-state index is 0.398. The lowest BCUT2D eigenvalue weighted by Crippen LogP contribution is -2.36. The first-order chi connectivity index (χ1) is 9.83. The highest BCUT2D eigenvalue weighted by Crippen LogP contribution is 2.17. The van der Waals surface area contributed by atoms with Crippen LogP contribution in [0.3, 0.4) is 0 Å². The lowest BCUT2D eigenvalue weighted by molar-refractivity contribution is 0.264. The van der Waals surface area contributed by atoms with Crippen LogP contribution in [0.15, 0.2) is 12.3 Å². The minimum Gasteiger partial charge on any atom is -0.381 e. The molecule has 0 bridgehead atoms. The summed E-state index contributed by atoms with van der Waals surface area (Å²) in [5.41, 5.74) is 4.46. The first-order valence-electron chi connectivity index (χ1n) is 7.47. The Kier molecular flexibility index (Phi) is 5.02. The van der Waals surface area contributed by atoms with Crippen LogP contribution in [0.2, 0.25) is 19.6 Å². The standard InChI is InChI=1S/C16H24FN3Si/c1-20-8-5-14(6-9-20)19-15-11-13(16(17)18-12-15)7-10-21(2,3)4/h11-12,14,19H,5-6,8-9H2,1-4H3. The Morgan fingerprint density at radius 1 is 1.33 bits per heavy atom. The van der Waals surface area contributed by atoms with Gasteiger partial charge in [0.2, 0.25) is 5.95 Å². The molecule has 1 aliphatic rings. The van der Waals surface area contributed by atoms with Gasteiger partial charge in [0.05, 0.1) is 17.4 Å². The average molecular weight is 305 g/mol. The molecule has 21 heavy (non-hydrogen) atoms. The van der Waals surface area contributed by atoms with Crippen LogP contribution < -0.4 is 5.32 Å². The summed E-state index contributed by atoms with van der Waals surface area (Å²) in [6.07, 6.45) is 3.76. The molecule has 1 aromatic rings. The van der Waals surface area contributed by atoms with Crippen molar-refractivity contribution < 1.29 is 4.39 Å². The lowest BCUT2D eigenvalue weighted by Gasteiger charge is -2.30. The molecule has 0 atom stereocenters. The van der Waals surface area contributed by atoms with Crippen LogP contribution in [0.25, 0.3) is 0 Å². The summed E-state index contributed by atoms with van der Waals surface area (Å²) in [5, 5.41) is 3.45. The molecule has 3 nitrogen and oxygen atoms in total. The van der Waals surface area contributed by atoms with Crippen LogP contribution in [0.4, 0.5) is 10.1 Å². The van der Waals surface area contributed by atoms with E-state index in [1.165, 1.54) is 0 Å². The predicted octanol–water partition coefficient (Wildman–Crippen LogP) is 2.96. The summed E-state index contributed by atoms with van der Waals surface area (Å²) in [7, 11) is 0.627. The molecule has 1 aliphatic heterocycles. The quantitative estimate of drug-likeness (QED) is 0.517. The fraction of sp³-hybridized carbons (Fsp3) is 0.562. The molecule has 2 heterocycles. The summed E-state index contributed by atoms with van der Waals surface area (Å²) in [5.74, 6) is 2.49. The molecule has 0 amide bonds. The maximum atomic E-state index is 13.7. The van der Waals surface area contributed by atoms with Crippen molar-refractivity contribution in [3.63, 3.8) is 0 Å². The van der Waals surface area contributed by atoms with Gasteiger partial charge in [0, 0.05) is 6.04 Å². The van der Waals surface area contributed by atoms with Gasteiger partial charge in [-0.05, 0) is 39.0 Å². The molecule has 0 unspecified atom stereocenters. The summed E-state index contributed by atoms with van der Waals surface area (Å²) < 4.78 is 13.7. The Labute approximate surface area is 128 Å². The minimum atomic E-state index is -1.51. The molecule has 1 N–H and O–H groups in total. The Morgan fingerprint density at radius 2 is 2.00 bits per heavy atom. The maximum absolute atomic E-state index is 13.7. The first-order valence-corrected chi connectivity index (χ1v) is 11.0. The van der Waals surface area contributed by atoms with Gasteiger partial charge in [-0.2, -0.15) is 4.39 Å². The predicted molar refractivity (Wildman–Crippen MR) is 88.6 cm³/mol. The fourth-order valence-electron chi connectivity index (χ4n) is 2.26. The number of anilines is 1. The molecule has 0 aromatic carbocycles. The maximum Gasteiger partial charge on any atom is 0.228 e. The second-order valence-corrected chi connectivity index (χ2v) is 11.5. The Hall–Kier alpha value is -1.38. The van der Waals surface area contributed by atoms with E-state index in [1.807, 2.05) is 0 Å². The van der Waals surface area contributed by atoms with Crippen LogP contribution in [0, 0.1) is 17.4 Å². The molecule has 1 fully saturated rings. The van der Waals surface area contributed by atoms with Crippen LogP contribution in [-0.4, -0.2) is 44.1 Å². The Morgan fingerprint density at radius 3 is 2.62 bits per heavy atom. The largest absolute Gasteiger partial charge is 0.381 e. The van der Waals surface area contributed by atoms with E-state index >= 15 is 0 Å². The first kappa shape index (κ1) is 16.0. The molecule has 114 valence electrons. The van der Waals surface area contributed by atoms with Gasteiger partial charge >= 0.3 is 0 Å². The summed E-state index contributed by atoms with van der Waals surface area (Å²) in [6, 6.07) is 2.22. The second-order valence-electron chi connectivity index (χ2n) is 6.78. The highest BCUT2D eigenvalue weighted by atomic mass is 28.3. The van der Waals surface area contributed by atoms with Crippen LogP contribution in [0.5, 0.6) is 0 Å². The van der Waals surface area contributed by atoms with Gasteiger partial charge in [0.25, 0.3) is 0 Å². The van der Waals surface area contributed by atoms with Gasteiger partial charge in [-0.15, -0.1) is 5.54 Å². The van der Waals surface area contributed by atoms with Gasteiger partial charge in [-0.1, -0.05) is 25.6 Å². The van der Waals surface area contributed by atoms with Crippen LogP contribution in [0.1, 0.15) is 18.4 Å². The highest BCUT2D eigenvalue weighted by Gasteiger charge is 2.17. The van der Waals surface area contributed by atoms with E-state index in [2.05, 4.69) is 53.4 Å². The number of nitrogens with one attached hydrogen (secondary N) is 1. The second kappa shape index (κ2) is 6.59. The monoisotopic (exact) mass is 305 g/mol. The van der Waals surface area contributed by atoms with Crippen molar-refractivity contribution in [1.82, 2.24) is 9.88 Å².